The molecule has 0 heterocycles. The van der Waals surface area contributed by atoms with Gasteiger partial charge in [-0.25, -0.2) is 5.43 Å². The molecule has 6 nitrogen and oxygen atoms in total. The van der Waals surface area contributed by atoms with E-state index in [1.165, 1.54) is 6.21 Å². The third-order valence-electron chi connectivity index (χ3n) is 4.04. The van der Waals surface area contributed by atoms with Gasteiger partial charge in [0, 0.05) is 28.6 Å². The number of hydrogen-bond donors (Lipinski definition) is 3. The highest BCUT2D eigenvalue weighted by Gasteiger charge is 2.08. The van der Waals surface area contributed by atoms with Crippen LogP contribution in [0.25, 0.3) is 10.8 Å². The first-order chi connectivity index (χ1) is 13.5. The molecule has 2 amide bonds. The number of nitrogens with one attached hydrogen (secondary N) is 2. The second kappa shape index (κ2) is 9.14. The lowest BCUT2D eigenvalue weighted by atomic mass is 10.0. The molecule has 0 atom stereocenters. The van der Waals surface area contributed by atoms with Gasteiger partial charge in [-0.05, 0) is 41.1 Å². The molecule has 0 unspecified atom stereocenters. The number of phenolic OH excluding ortho intramolecular Hbond substituents is 1. The Bertz CT molecular complexity index is 1030. The Morgan fingerprint density at radius 2 is 1.68 bits per heavy atom. The molecule has 0 aromatic heterocycles. The van der Waals surface area contributed by atoms with E-state index in [0.29, 0.717) is 11.3 Å². The summed E-state index contributed by atoms with van der Waals surface area (Å²) in [7, 11) is 0. The first kappa shape index (κ1) is 19.6. The standard InChI is InChI=1S/C21H18BrN3O3/c22-15-6-8-16(9-7-15)24-20(27)11-12-21(28)25-23-13-18-17-4-2-1-3-14(17)5-10-19(18)26/h1-10,13,26H,11-12H2,(H,24,27)(H,25,28). The van der Waals surface area contributed by atoms with E-state index in [0.717, 1.165) is 15.2 Å². The fourth-order valence-corrected chi connectivity index (χ4v) is 2.89. The number of hydrazone groups is 1. The first-order valence-electron chi connectivity index (χ1n) is 8.61. The third kappa shape index (κ3) is 5.17. The van der Waals surface area contributed by atoms with E-state index in [9.17, 15) is 14.7 Å². The van der Waals surface area contributed by atoms with Crippen molar-refractivity contribution in [1.82, 2.24) is 5.43 Å². The Morgan fingerprint density at radius 1 is 0.964 bits per heavy atom. The van der Waals surface area contributed by atoms with Crippen molar-refractivity contribution < 1.29 is 14.7 Å². The molecule has 0 spiro atoms. The molecule has 0 aliphatic rings. The number of rotatable bonds is 6. The normalized spacial score (nSPS) is 10.9. The van der Waals surface area contributed by atoms with E-state index in [4.69, 9.17) is 0 Å². The van der Waals surface area contributed by atoms with Gasteiger partial charge in [-0.3, -0.25) is 9.59 Å². The topological polar surface area (TPSA) is 90.8 Å². The lowest BCUT2D eigenvalue weighted by molar-refractivity contribution is -0.124. The predicted octanol–water partition coefficient (Wildman–Crippen LogP) is 4.18. The molecule has 0 saturated carbocycles. The van der Waals surface area contributed by atoms with Gasteiger partial charge in [0.2, 0.25) is 11.8 Å². The van der Waals surface area contributed by atoms with Crippen molar-refractivity contribution >= 4 is 50.4 Å². The smallest absolute Gasteiger partial charge is 0.240 e. The highest BCUT2D eigenvalue weighted by molar-refractivity contribution is 9.10. The van der Waals surface area contributed by atoms with Crippen molar-refractivity contribution in [3.63, 3.8) is 0 Å². The van der Waals surface area contributed by atoms with Crippen LogP contribution in [0.15, 0.2) is 70.2 Å². The van der Waals surface area contributed by atoms with Crippen molar-refractivity contribution in [3.8, 4) is 5.75 Å². The number of aromatic hydroxyl groups is 1. The van der Waals surface area contributed by atoms with E-state index < -0.39 is 0 Å². The van der Waals surface area contributed by atoms with Crippen LogP contribution in [0.5, 0.6) is 5.75 Å². The molecule has 28 heavy (non-hydrogen) atoms. The number of benzene rings is 3. The van der Waals surface area contributed by atoms with E-state index in [1.54, 1.807) is 18.2 Å². The van der Waals surface area contributed by atoms with Crippen LogP contribution in [0.2, 0.25) is 0 Å². The molecule has 7 heteroatoms. The first-order valence-corrected chi connectivity index (χ1v) is 9.40. The van der Waals surface area contributed by atoms with E-state index in [1.807, 2.05) is 42.5 Å². The van der Waals surface area contributed by atoms with Crippen molar-refractivity contribution in [2.75, 3.05) is 5.32 Å². The number of fused-ring (bicyclic) bond motifs is 1. The maximum atomic E-state index is 11.9. The Balaban J connectivity index is 1.52. The van der Waals surface area contributed by atoms with Crippen LogP contribution in [0, 0.1) is 0 Å². The number of amides is 2. The highest BCUT2D eigenvalue weighted by atomic mass is 79.9. The summed E-state index contributed by atoms with van der Waals surface area (Å²) < 4.78 is 0.917. The van der Waals surface area contributed by atoms with Gasteiger partial charge in [0.25, 0.3) is 0 Å². The highest BCUT2D eigenvalue weighted by Crippen LogP contribution is 2.25. The van der Waals surface area contributed by atoms with Gasteiger partial charge in [-0.1, -0.05) is 46.3 Å². The second-order valence-corrected chi connectivity index (χ2v) is 6.98. The quantitative estimate of drug-likeness (QED) is 0.397. The Morgan fingerprint density at radius 3 is 2.46 bits per heavy atom. The summed E-state index contributed by atoms with van der Waals surface area (Å²) in [5.74, 6) is -0.569. The maximum Gasteiger partial charge on any atom is 0.240 e. The predicted molar refractivity (Wildman–Crippen MR) is 113 cm³/mol. The molecule has 0 fully saturated rings. The number of hydrogen-bond acceptors (Lipinski definition) is 4. The molecule has 0 aliphatic heterocycles. The van der Waals surface area contributed by atoms with Gasteiger partial charge in [0.05, 0.1) is 6.21 Å². The third-order valence-corrected chi connectivity index (χ3v) is 4.57. The monoisotopic (exact) mass is 439 g/mol. The number of anilines is 1. The molecule has 0 radical (unpaired) electrons. The number of nitrogens with zero attached hydrogens (tertiary/aromatic N) is 1. The number of halogens is 1. The summed E-state index contributed by atoms with van der Waals surface area (Å²) in [5, 5.41) is 18.5. The average Bonchev–Trinajstić information content (AvgIpc) is 2.70. The van der Waals surface area contributed by atoms with E-state index >= 15 is 0 Å². The zero-order valence-electron chi connectivity index (χ0n) is 14.9. The minimum atomic E-state index is -0.387. The molecule has 142 valence electrons. The molecule has 3 N–H and O–H groups in total. The van der Waals surface area contributed by atoms with Gasteiger partial charge in [0.15, 0.2) is 0 Å². The van der Waals surface area contributed by atoms with Crippen LogP contribution in [0.1, 0.15) is 18.4 Å². The lowest BCUT2D eigenvalue weighted by Crippen LogP contribution is -2.20. The fraction of sp³-hybridized carbons (Fsp3) is 0.0952. The van der Waals surface area contributed by atoms with Gasteiger partial charge in [-0.2, -0.15) is 5.10 Å². The Hall–Kier alpha value is -3.19. The molecule has 3 rings (SSSR count). The zero-order chi connectivity index (χ0) is 19.9. The Kier molecular flexibility index (Phi) is 6.39. The summed E-state index contributed by atoms with van der Waals surface area (Å²) in [6.07, 6.45) is 1.44. The molecule has 0 saturated heterocycles. The summed E-state index contributed by atoms with van der Waals surface area (Å²) in [6.45, 7) is 0. The van der Waals surface area contributed by atoms with Crippen LogP contribution in [-0.4, -0.2) is 23.1 Å². The zero-order valence-corrected chi connectivity index (χ0v) is 16.4. The van der Waals surface area contributed by atoms with Gasteiger partial charge in [-0.15, -0.1) is 0 Å². The van der Waals surface area contributed by atoms with Crippen molar-refractivity contribution in [1.29, 1.82) is 0 Å². The number of phenols is 1. The summed E-state index contributed by atoms with van der Waals surface area (Å²) in [6, 6.07) is 18.1. The number of carbonyl (C=O) groups excluding carboxylic acids is 2. The largest absolute Gasteiger partial charge is 0.507 e. The molecule has 0 bridgehead atoms. The molecule has 0 aliphatic carbocycles. The van der Waals surface area contributed by atoms with Crippen molar-refractivity contribution in [2.45, 2.75) is 12.8 Å². The van der Waals surface area contributed by atoms with Crippen LogP contribution < -0.4 is 10.7 Å². The van der Waals surface area contributed by atoms with Crippen LogP contribution in [0.4, 0.5) is 5.69 Å². The second-order valence-electron chi connectivity index (χ2n) is 6.07. The van der Waals surface area contributed by atoms with E-state index in [-0.39, 0.29) is 30.4 Å². The minimum absolute atomic E-state index is 0.00121. The fourth-order valence-electron chi connectivity index (χ4n) is 2.63. The van der Waals surface area contributed by atoms with Crippen molar-refractivity contribution in [2.24, 2.45) is 5.10 Å². The molecular formula is C21H18BrN3O3. The molecule has 3 aromatic carbocycles. The maximum absolute atomic E-state index is 11.9. The van der Waals surface area contributed by atoms with Gasteiger partial charge in [0.1, 0.15) is 5.75 Å². The van der Waals surface area contributed by atoms with Crippen LogP contribution in [-0.2, 0) is 9.59 Å². The van der Waals surface area contributed by atoms with E-state index in [2.05, 4.69) is 31.8 Å². The average molecular weight is 440 g/mol. The summed E-state index contributed by atoms with van der Waals surface area (Å²) in [5.41, 5.74) is 3.57. The lowest BCUT2D eigenvalue weighted by Gasteiger charge is -2.06. The van der Waals surface area contributed by atoms with Gasteiger partial charge >= 0.3 is 0 Å². The van der Waals surface area contributed by atoms with Gasteiger partial charge < -0.3 is 10.4 Å². The summed E-state index contributed by atoms with van der Waals surface area (Å²) in [4.78, 5) is 23.8. The van der Waals surface area contributed by atoms with Crippen LogP contribution in [0.3, 0.4) is 0 Å². The molecule has 3 aromatic rings. The minimum Gasteiger partial charge on any atom is -0.507 e. The summed E-state index contributed by atoms with van der Waals surface area (Å²) >= 11 is 3.33. The number of carbonyl (C=O) groups is 2. The molecular weight excluding hydrogens is 422 g/mol. The van der Waals surface area contributed by atoms with Crippen molar-refractivity contribution in [3.05, 3.63) is 70.7 Å². The SMILES string of the molecule is O=C(CCC(=O)Nc1ccc(Br)cc1)NN=Cc1c(O)ccc2ccccc12. The van der Waals surface area contributed by atoms with Crippen LogP contribution >= 0.6 is 15.9 Å². The Labute approximate surface area is 170 Å².